The van der Waals surface area contributed by atoms with Gasteiger partial charge >= 0.3 is 0 Å². The molecule has 0 heterocycles. The van der Waals surface area contributed by atoms with Crippen LogP contribution in [-0.4, -0.2) is 6.04 Å². The topological polar surface area (TPSA) is 38.0 Å². The second-order valence-electron chi connectivity index (χ2n) is 2.74. The van der Waals surface area contributed by atoms with E-state index >= 15 is 0 Å². The van der Waals surface area contributed by atoms with Gasteiger partial charge in [0.2, 0.25) is 0 Å². The van der Waals surface area contributed by atoms with Gasteiger partial charge in [-0.3, -0.25) is 5.84 Å². The summed E-state index contributed by atoms with van der Waals surface area (Å²) in [6.07, 6.45) is 11.2. The Morgan fingerprint density at radius 2 is 2.18 bits per heavy atom. The molecule has 64 valence electrons. The Balaban J connectivity index is 3.16. The van der Waals surface area contributed by atoms with Crippen LogP contribution < -0.4 is 11.3 Å². The van der Waals surface area contributed by atoms with Crippen molar-refractivity contribution < 1.29 is 0 Å². The highest BCUT2D eigenvalue weighted by Gasteiger charge is 1.99. The number of rotatable bonds is 6. The fourth-order valence-corrected chi connectivity index (χ4v) is 0.990. The van der Waals surface area contributed by atoms with Gasteiger partial charge in [0.1, 0.15) is 0 Å². The zero-order chi connectivity index (χ0) is 8.53. The third-order valence-corrected chi connectivity index (χ3v) is 1.75. The molecule has 0 spiro atoms. The Labute approximate surface area is 69.5 Å². The summed E-state index contributed by atoms with van der Waals surface area (Å²) < 4.78 is 0. The minimum atomic E-state index is 0.0619. The quantitative estimate of drug-likeness (QED) is 0.263. The van der Waals surface area contributed by atoms with Gasteiger partial charge < -0.3 is 0 Å². The lowest BCUT2D eigenvalue weighted by Gasteiger charge is -2.07. The lowest BCUT2D eigenvalue weighted by atomic mass is 10.1. The second kappa shape index (κ2) is 7.59. The Morgan fingerprint density at radius 3 is 2.64 bits per heavy atom. The number of hydrogen-bond donors (Lipinski definition) is 2. The molecule has 0 radical (unpaired) electrons. The predicted octanol–water partition coefficient (Wildman–Crippen LogP) is 1.42. The highest BCUT2D eigenvalue weighted by Crippen LogP contribution is 2.04. The minimum absolute atomic E-state index is 0.0619. The average Bonchev–Trinajstić information content (AvgIpc) is 2.05. The van der Waals surface area contributed by atoms with Crippen LogP contribution in [0.2, 0.25) is 0 Å². The maximum absolute atomic E-state index is 5.21. The monoisotopic (exact) mass is 154 g/mol. The first kappa shape index (κ1) is 10.5. The molecule has 0 aliphatic rings. The van der Waals surface area contributed by atoms with Crippen LogP contribution in [0.1, 0.15) is 39.0 Å². The third kappa shape index (κ3) is 5.90. The Bertz CT molecular complexity index is 115. The van der Waals surface area contributed by atoms with Crippen LogP contribution in [-0.2, 0) is 0 Å². The fraction of sp³-hybridized carbons (Fsp3) is 0.778. The van der Waals surface area contributed by atoms with Crippen LogP contribution in [0.15, 0.2) is 0 Å². The van der Waals surface area contributed by atoms with E-state index in [1.807, 2.05) is 0 Å². The predicted molar refractivity (Wildman–Crippen MR) is 48.7 cm³/mol. The summed E-state index contributed by atoms with van der Waals surface area (Å²) in [5, 5.41) is 0. The maximum atomic E-state index is 5.21. The van der Waals surface area contributed by atoms with Crippen molar-refractivity contribution in [1.82, 2.24) is 5.43 Å². The summed E-state index contributed by atoms with van der Waals surface area (Å²) in [6, 6.07) is 0.0619. The molecule has 0 aromatic carbocycles. The SMILES string of the molecule is C#CC(CCCCCC)NN. The number of nitrogens with two attached hydrogens (primary N) is 1. The molecule has 0 aromatic heterocycles. The summed E-state index contributed by atoms with van der Waals surface area (Å²) in [5.74, 6) is 7.80. The number of hydrazine groups is 1. The number of hydrogen-bond acceptors (Lipinski definition) is 2. The summed E-state index contributed by atoms with van der Waals surface area (Å²) in [6.45, 7) is 2.19. The van der Waals surface area contributed by atoms with Gasteiger partial charge in [-0.05, 0) is 6.42 Å². The molecule has 2 nitrogen and oxygen atoms in total. The van der Waals surface area contributed by atoms with Crippen molar-refractivity contribution in [2.45, 2.75) is 45.1 Å². The fourth-order valence-electron chi connectivity index (χ4n) is 0.990. The molecule has 2 heteroatoms. The molecule has 0 bridgehead atoms. The zero-order valence-electron chi connectivity index (χ0n) is 7.27. The normalized spacial score (nSPS) is 12.5. The van der Waals surface area contributed by atoms with Crippen LogP contribution in [0.5, 0.6) is 0 Å². The highest BCUT2D eigenvalue weighted by atomic mass is 15.2. The summed E-state index contributed by atoms with van der Waals surface area (Å²) in [4.78, 5) is 0. The molecule has 0 saturated heterocycles. The molecular weight excluding hydrogens is 136 g/mol. The van der Waals surface area contributed by atoms with Gasteiger partial charge in [-0.25, -0.2) is 5.43 Å². The van der Waals surface area contributed by atoms with Gasteiger partial charge in [-0.2, -0.15) is 0 Å². The van der Waals surface area contributed by atoms with Crippen LogP contribution in [0.25, 0.3) is 0 Å². The summed E-state index contributed by atoms with van der Waals surface area (Å²) >= 11 is 0. The number of nitrogens with one attached hydrogen (secondary N) is 1. The molecule has 0 saturated carbocycles. The van der Waals surface area contributed by atoms with E-state index in [0.29, 0.717) is 0 Å². The first-order chi connectivity index (χ1) is 5.35. The van der Waals surface area contributed by atoms with Crippen LogP contribution >= 0.6 is 0 Å². The Hall–Kier alpha value is -0.520. The van der Waals surface area contributed by atoms with Gasteiger partial charge in [0, 0.05) is 0 Å². The largest absolute Gasteiger partial charge is 0.270 e. The van der Waals surface area contributed by atoms with E-state index in [0.717, 1.165) is 6.42 Å². The molecule has 0 aliphatic carbocycles. The van der Waals surface area contributed by atoms with Crippen molar-refractivity contribution in [2.24, 2.45) is 5.84 Å². The lowest BCUT2D eigenvalue weighted by Crippen LogP contribution is -2.33. The van der Waals surface area contributed by atoms with Crippen molar-refractivity contribution in [2.75, 3.05) is 0 Å². The van der Waals surface area contributed by atoms with Crippen molar-refractivity contribution >= 4 is 0 Å². The van der Waals surface area contributed by atoms with Gasteiger partial charge in [-0.15, -0.1) is 6.42 Å². The smallest absolute Gasteiger partial charge is 0.0814 e. The highest BCUT2D eigenvalue weighted by molar-refractivity contribution is 4.97. The van der Waals surface area contributed by atoms with Crippen LogP contribution in [0.3, 0.4) is 0 Å². The third-order valence-electron chi connectivity index (χ3n) is 1.75. The molecular formula is C9H18N2. The number of terminal acetylenes is 1. The maximum Gasteiger partial charge on any atom is 0.0814 e. The molecule has 11 heavy (non-hydrogen) atoms. The standard InChI is InChI=1S/C9H18N2/c1-3-5-6-7-8-9(4-2)11-10/h2,9,11H,3,5-8,10H2,1H3. The van der Waals surface area contributed by atoms with E-state index < -0.39 is 0 Å². The Kier molecular flexibility index (Phi) is 7.23. The van der Waals surface area contributed by atoms with Gasteiger partial charge in [0.15, 0.2) is 0 Å². The molecule has 0 aromatic rings. The van der Waals surface area contributed by atoms with E-state index in [1.54, 1.807) is 0 Å². The van der Waals surface area contributed by atoms with Crippen molar-refractivity contribution in [3.05, 3.63) is 0 Å². The second-order valence-corrected chi connectivity index (χ2v) is 2.74. The van der Waals surface area contributed by atoms with Crippen molar-refractivity contribution in [3.63, 3.8) is 0 Å². The van der Waals surface area contributed by atoms with Crippen LogP contribution in [0.4, 0.5) is 0 Å². The molecule has 0 aliphatic heterocycles. The van der Waals surface area contributed by atoms with E-state index in [4.69, 9.17) is 12.3 Å². The lowest BCUT2D eigenvalue weighted by molar-refractivity contribution is 0.540. The Morgan fingerprint density at radius 1 is 1.45 bits per heavy atom. The average molecular weight is 154 g/mol. The van der Waals surface area contributed by atoms with E-state index in [-0.39, 0.29) is 6.04 Å². The summed E-state index contributed by atoms with van der Waals surface area (Å²) in [7, 11) is 0. The first-order valence-electron chi connectivity index (χ1n) is 4.27. The van der Waals surface area contributed by atoms with Gasteiger partial charge in [0.05, 0.1) is 6.04 Å². The van der Waals surface area contributed by atoms with E-state index in [1.165, 1.54) is 25.7 Å². The molecule has 1 atom stereocenters. The van der Waals surface area contributed by atoms with Crippen molar-refractivity contribution in [3.8, 4) is 12.3 Å². The van der Waals surface area contributed by atoms with Crippen molar-refractivity contribution in [1.29, 1.82) is 0 Å². The molecule has 0 rings (SSSR count). The zero-order valence-corrected chi connectivity index (χ0v) is 7.27. The van der Waals surface area contributed by atoms with Gasteiger partial charge in [-0.1, -0.05) is 38.5 Å². The van der Waals surface area contributed by atoms with Crippen LogP contribution in [0, 0.1) is 12.3 Å². The molecule has 3 N–H and O–H groups in total. The first-order valence-corrected chi connectivity index (χ1v) is 4.27. The molecule has 0 amide bonds. The number of unbranched alkanes of at least 4 members (excludes halogenated alkanes) is 3. The van der Waals surface area contributed by atoms with E-state index in [2.05, 4.69) is 18.3 Å². The summed E-state index contributed by atoms with van der Waals surface area (Å²) in [5.41, 5.74) is 2.59. The molecule has 1 unspecified atom stereocenters. The minimum Gasteiger partial charge on any atom is -0.270 e. The van der Waals surface area contributed by atoms with E-state index in [9.17, 15) is 0 Å². The van der Waals surface area contributed by atoms with Gasteiger partial charge in [0.25, 0.3) is 0 Å². The molecule has 0 fully saturated rings.